The van der Waals surface area contributed by atoms with Crippen molar-refractivity contribution >= 4 is 5.91 Å². The van der Waals surface area contributed by atoms with Crippen LogP contribution in [-0.4, -0.2) is 47.9 Å². The van der Waals surface area contributed by atoms with E-state index in [9.17, 15) is 4.79 Å². The first-order valence-electron chi connectivity index (χ1n) is 10.7. The highest BCUT2D eigenvalue weighted by Crippen LogP contribution is 2.34. The van der Waals surface area contributed by atoms with Crippen molar-refractivity contribution in [3.63, 3.8) is 0 Å². The van der Waals surface area contributed by atoms with E-state index in [0.29, 0.717) is 28.8 Å². The summed E-state index contributed by atoms with van der Waals surface area (Å²) in [5, 5.41) is 4.84. The number of hydrogen-bond donors (Lipinski definition) is 0. The predicted molar refractivity (Wildman–Crippen MR) is 121 cm³/mol. The lowest BCUT2D eigenvalue weighted by atomic mass is 9.99. The summed E-state index contributed by atoms with van der Waals surface area (Å²) in [4.78, 5) is 15.4. The van der Waals surface area contributed by atoms with Gasteiger partial charge in [-0.3, -0.25) is 4.79 Å². The summed E-state index contributed by atoms with van der Waals surface area (Å²) in [5.74, 6) is 2.03. The summed E-state index contributed by atoms with van der Waals surface area (Å²) in [5.41, 5.74) is 4.05. The van der Waals surface area contributed by atoms with E-state index in [4.69, 9.17) is 14.6 Å². The molecule has 0 radical (unpaired) electrons. The minimum atomic E-state index is 0.0136. The molecule has 2 aromatic carbocycles. The van der Waals surface area contributed by atoms with Gasteiger partial charge >= 0.3 is 0 Å². The Morgan fingerprint density at radius 2 is 1.81 bits per heavy atom. The van der Waals surface area contributed by atoms with Crippen LogP contribution in [0.2, 0.25) is 0 Å². The number of piperidine rings is 1. The van der Waals surface area contributed by atoms with Gasteiger partial charge in [-0.25, -0.2) is 4.68 Å². The highest BCUT2D eigenvalue weighted by atomic mass is 16.5. The van der Waals surface area contributed by atoms with Crippen LogP contribution < -0.4 is 9.47 Å². The van der Waals surface area contributed by atoms with Crippen molar-refractivity contribution in [2.75, 3.05) is 27.3 Å². The maximum absolute atomic E-state index is 13.5. The monoisotopic (exact) mass is 419 g/mol. The first kappa shape index (κ1) is 21.0. The zero-order valence-corrected chi connectivity index (χ0v) is 18.6. The maximum Gasteiger partial charge on any atom is 0.272 e. The van der Waals surface area contributed by atoms with Gasteiger partial charge in [0.2, 0.25) is 0 Å². The summed E-state index contributed by atoms with van der Waals surface area (Å²) < 4.78 is 12.7. The number of benzene rings is 2. The third-order valence-corrected chi connectivity index (χ3v) is 5.93. The van der Waals surface area contributed by atoms with Crippen LogP contribution >= 0.6 is 0 Å². The number of rotatable bonds is 5. The fourth-order valence-electron chi connectivity index (χ4n) is 4.01. The number of ether oxygens (including phenoxy) is 2. The molecule has 2 heterocycles. The van der Waals surface area contributed by atoms with Crippen LogP contribution in [0.1, 0.15) is 35.8 Å². The van der Waals surface area contributed by atoms with E-state index in [2.05, 4.69) is 6.92 Å². The van der Waals surface area contributed by atoms with Gasteiger partial charge in [-0.05, 0) is 61.6 Å². The molecule has 0 saturated carbocycles. The van der Waals surface area contributed by atoms with E-state index in [-0.39, 0.29) is 5.91 Å². The Morgan fingerprint density at radius 1 is 1.03 bits per heavy atom. The Bertz CT molecular complexity index is 1080. The molecule has 0 atom stereocenters. The summed E-state index contributed by atoms with van der Waals surface area (Å²) in [6, 6.07) is 15.5. The molecule has 0 bridgehead atoms. The van der Waals surface area contributed by atoms with Crippen LogP contribution in [0.15, 0.2) is 48.5 Å². The van der Waals surface area contributed by atoms with Crippen molar-refractivity contribution in [1.29, 1.82) is 0 Å². The van der Waals surface area contributed by atoms with Crippen molar-refractivity contribution < 1.29 is 14.3 Å². The molecular formula is C25H29N3O3. The van der Waals surface area contributed by atoms with Gasteiger partial charge in [0.05, 0.1) is 25.6 Å². The highest BCUT2D eigenvalue weighted by Gasteiger charge is 2.26. The van der Waals surface area contributed by atoms with Gasteiger partial charge in [0.1, 0.15) is 17.2 Å². The summed E-state index contributed by atoms with van der Waals surface area (Å²) in [6.45, 7) is 5.83. The Kier molecular flexibility index (Phi) is 5.98. The molecule has 31 heavy (non-hydrogen) atoms. The molecule has 1 aromatic heterocycles. The van der Waals surface area contributed by atoms with Crippen LogP contribution in [0, 0.1) is 12.8 Å². The van der Waals surface area contributed by atoms with Crippen molar-refractivity contribution in [3.8, 4) is 28.4 Å². The van der Waals surface area contributed by atoms with E-state index >= 15 is 0 Å². The number of amides is 1. The fraction of sp³-hybridized carbons (Fsp3) is 0.360. The van der Waals surface area contributed by atoms with E-state index in [1.54, 1.807) is 18.9 Å². The number of nitrogens with zero attached hydrogens (tertiary/aromatic N) is 3. The molecular weight excluding hydrogens is 390 g/mol. The van der Waals surface area contributed by atoms with Crippen LogP contribution in [0.4, 0.5) is 0 Å². The zero-order valence-electron chi connectivity index (χ0n) is 18.6. The van der Waals surface area contributed by atoms with Gasteiger partial charge in [0.25, 0.3) is 5.91 Å². The number of hydrogen-bond acceptors (Lipinski definition) is 4. The first-order valence-corrected chi connectivity index (χ1v) is 10.7. The van der Waals surface area contributed by atoms with E-state index in [0.717, 1.165) is 42.7 Å². The topological polar surface area (TPSA) is 56.6 Å². The highest BCUT2D eigenvalue weighted by molar-refractivity contribution is 5.94. The summed E-state index contributed by atoms with van der Waals surface area (Å²) in [7, 11) is 3.24. The number of carbonyl (C=O) groups is 1. The van der Waals surface area contributed by atoms with Gasteiger partial charge in [0.15, 0.2) is 0 Å². The number of carbonyl (C=O) groups excluding carboxylic acids is 1. The van der Waals surface area contributed by atoms with Crippen LogP contribution in [0.5, 0.6) is 11.5 Å². The van der Waals surface area contributed by atoms with Crippen LogP contribution in [0.3, 0.4) is 0 Å². The molecule has 1 amide bonds. The second-order valence-electron chi connectivity index (χ2n) is 8.21. The SMILES string of the molecule is COc1ccc(-c2cc(C(=O)N3CCC(C)CC3)n(-c3cccc(C)c3)n2)c(OC)c1. The molecule has 0 N–H and O–H groups in total. The number of methoxy groups -OCH3 is 2. The smallest absolute Gasteiger partial charge is 0.272 e. The summed E-state index contributed by atoms with van der Waals surface area (Å²) >= 11 is 0. The number of aromatic nitrogens is 2. The molecule has 6 heteroatoms. The molecule has 4 rings (SSSR count). The predicted octanol–water partition coefficient (Wildman–Crippen LogP) is 4.74. The average Bonchev–Trinajstić information content (AvgIpc) is 3.24. The van der Waals surface area contributed by atoms with Gasteiger partial charge in [-0.2, -0.15) is 5.10 Å². The Balaban J connectivity index is 1.80. The minimum Gasteiger partial charge on any atom is -0.497 e. The molecule has 0 spiro atoms. The molecule has 162 valence electrons. The standard InChI is InChI=1S/C25H29N3O3/c1-17-10-12-27(13-11-17)25(29)23-16-22(21-9-8-20(30-3)15-24(21)31-4)26-28(23)19-7-5-6-18(2)14-19/h5-9,14-17H,10-13H2,1-4H3. The molecule has 1 saturated heterocycles. The molecule has 0 aliphatic carbocycles. The number of likely N-dealkylation sites (tertiary alicyclic amines) is 1. The third kappa shape index (κ3) is 4.29. The van der Waals surface area contributed by atoms with Gasteiger partial charge < -0.3 is 14.4 Å². The van der Waals surface area contributed by atoms with E-state index in [1.807, 2.05) is 60.4 Å². The van der Waals surface area contributed by atoms with Crippen molar-refractivity contribution in [2.24, 2.45) is 5.92 Å². The van der Waals surface area contributed by atoms with Gasteiger partial charge in [-0.1, -0.05) is 19.1 Å². The van der Waals surface area contributed by atoms with Gasteiger partial charge in [0, 0.05) is 24.7 Å². The Morgan fingerprint density at radius 3 is 2.48 bits per heavy atom. The molecule has 3 aromatic rings. The lowest BCUT2D eigenvalue weighted by Crippen LogP contribution is -2.38. The van der Waals surface area contributed by atoms with Crippen LogP contribution in [-0.2, 0) is 0 Å². The van der Waals surface area contributed by atoms with Crippen LogP contribution in [0.25, 0.3) is 16.9 Å². The fourth-order valence-corrected chi connectivity index (χ4v) is 4.01. The Labute approximate surface area is 183 Å². The Hall–Kier alpha value is -3.28. The molecule has 1 fully saturated rings. The maximum atomic E-state index is 13.5. The van der Waals surface area contributed by atoms with Gasteiger partial charge in [-0.15, -0.1) is 0 Å². The normalized spacial score (nSPS) is 14.5. The first-order chi connectivity index (χ1) is 15.0. The molecule has 0 unspecified atom stereocenters. The molecule has 1 aliphatic rings. The van der Waals surface area contributed by atoms with Crippen molar-refractivity contribution in [3.05, 3.63) is 59.8 Å². The zero-order chi connectivity index (χ0) is 22.0. The number of aryl methyl sites for hydroxylation is 1. The van der Waals surface area contributed by atoms with E-state index in [1.165, 1.54) is 0 Å². The molecule has 6 nitrogen and oxygen atoms in total. The summed E-state index contributed by atoms with van der Waals surface area (Å²) in [6.07, 6.45) is 2.06. The third-order valence-electron chi connectivity index (χ3n) is 5.93. The quantitative estimate of drug-likeness (QED) is 0.600. The van der Waals surface area contributed by atoms with Crippen molar-refractivity contribution in [2.45, 2.75) is 26.7 Å². The lowest BCUT2D eigenvalue weighted by molar-refractivity contribution is 0.0688. The minimum absolute atomic E-state index is 0.0136. The van der Waals surface area contributed by atoms with E-state index < -0.39 is 0 Å². The van der Waals surface area contributed by atoms with Crippen molar-refractivity contribution in [1.82, 2.24) is 14.7 Å². The lowest BCUT2D eigenvalue weighted by Gasteiger charge is -2.30. The average molecular weight is 420 g/mol. The second kappa shape index (κ2) is 8.84. The molecule has 1 aliphatic heterocycles. The second-order valence-corrected chi connectivity index (χ2v) is 8.21. The largest absolute Gasteiger partial charge is 0.497 e.